The summed E-state index contributed by atoms with van der Waals surface area (Å²) in [5, 5.41) is 0.346. The van der Waals surface area contributed by atoms with Gasteiger partial charge >= 0.3 is 11.9 Å². The molecule has 1 atom stereocenters. The van der Waals surface area contributed by atoms with Crippen LogP contribution >= 0.6 is 0 Å². The largest absolute Gasteiger partial charge is 0.467 e. The summed E-state index contributed by atoms with van der Waals surface area (Å²) in [6.07, 6.45) is -1.23. The Hall–Kier alpha value is -2.67. The highest BCUT2D eigenvalue weighted by atomic mass is 16.6. The second kappa shape index (κ2) is 6.62. The summed E-state index contributed by atoms with van der Waals surface area (Å²) in [5.41, 5.74) is -0.113. The van der Waals surface area contributed by atoms with Gasteiger partial charge < -0.3 is 18.8 Å². The van der Waals surface area contributed by atoms with Crippen molar-refractivity contribution in [3.63, 3.8) is 0 Å². The molecule has 0 amide bonds. The van der Waals surface area contributed by atoms with Gasteiger partial charge in [0.25, 0.3) is 0 Å². The van der Waals surface area contributed by atoms with Gasteiger partial charge in [-0.25, -0.2) is 9.59 Å². The van der Waals surface area contributed by atoms with Crippen molar-refractivity contribution in [1.29, 1.82) is 0 Å². The molecule has 23 heavy (non-hydrogen) atoms. The van der Waals surface area contributed by atoms with Gasteiger partial charge in [0.2, 0.25) is 5.43 Å². The number of para-hydroxylation sites is 1. The smallest absolute Gasteiger partial charge is 0.343 e. The van der Waals surface area contributed by atoms with Crippen LogP contribution in [0.2, 0.25) is 0 Å². The number of aryl methyl sites for hydroxylation is 1. The zero-order valence-corrected chi connectivity index (χ0v) is 13.3. The van der Waals surface area contributed by atoms with Crippen molar-refractivity contribution in [2.75, 3.05) is 21.3 Å². The number of carbonyl (C=O) groups is 2. The molecule has 1 aromatic heterocycles. The average Bonchev–Trinajstić information content (AvgIpc) is 2.58. The summed E-state index contributed by atoms with van der Waals surface area (Å²) in [7, 11) is 5.30. The molecule has 0 bridgehead atoms. The number of benzene rings is 1. The van der Waals surface area contributed by atoms with Crippen LogP contribution in [0.5, 0.6) is 0 Å². The fourth-order valence-electron chi connectivity index (χ4n) is 2.54. The first kappa shape index (κ1) is 16.7. The number of nitrogens with zero attached hydrogens (tertiary/aromatic N) is 1. The predicted octanol–water partition coefficient (Wildman–Crippen LogP) is 1.19. The number of esters is 2. The van der Waals surface area contributed by atoms with Gasteiger partial charge in [-0.15, -0.1) is 0 Å². The first-order valence-corrected chi connectivity index (χ1v) is 6.78. The molecule has 0 fully saturated rings. The first-order valence-electron chi connectivity index (χ1n) is 6.78. The maximum Gasteiger partial charge on any atom is 0.343 e. The third-order valence-electron chi connectivity index (χ3n) is 3.64. The van der Waals surface area contributed by atoms with Crippen molar-refractivity contribution in [3.8, 4) is 0 Å². The molecule has 2 aromatic rings. The molecule has 0 radical (unpaired) electrons. The lowest BCUT2D eigenvalue weighted by atomic mass is 10.0. The number of methoxy groups -OCH3 is 3. The van der Waals surface area contributed by atoms with E-state index in [1.54, 1.807) is 35.9 Å². The van der Waals surface area contributed by atoms with Crippen molar-refractivity contribution < 1.29 is 23.8 Å². The molecule has 2 rings (SSSR count). The number of fused-ring (bicyclic) bond motifs is 1. The maximum atomic E-state index is 12.7. The van der Waals surface area contributed by atoms with Gasteiger partial charge in [-0.2, -0.15) is 0 Å². The fraction of sp³-hybridized carbons (Fsp3) is 0.312. The van der Waals surface area contributed by atoms with Crippen LogP contribution in [-0.4, -0.2) is 37.8 Å². The topological polar surface area (TPSA) is 83.8 Å². The molecule has 1 heterocycles. The van der Waals surface area contributed by atoms with Gasteiger partial charge in [0.05, 0.1) is 25.4 Å². The van der Waals surface area contributed by atoms with E-state index in [1.807, 2.05) is 0 Å². The van der Waals surface area contributed by atoms with Crippen LogP contribution in [0.25, 0.3) is 10.9 Å². The summed E-state index contributed by atoms with van der Waals surface area (Å²) >= 11 is 0. The van der Waals surface area contributed by atoms with E-state index in [0.29, 0.717) is 10.9 Å². The van der Waals surface area contributed by atoms with E-state index in [0.717, 1.165) is 0 Å². The highest BCUT2D eigenvalue weighted by Crippen LogP contribution is 2.24. The molecule has 0 spiro atoms. The number of pyridine rings is 1. The Morgan fingerprint density at radius 2 is 1.74 bits per heavy atom. The maximum absolute atomic E-state index is 12.7. The number of rotatable bonds is 4. The van der Waals surface area contributed by atoms with Gasteiger partial charge in [0, 0.05) is 19.5 Å². The molecule has 0 aliphatic carbocycles. The monoisotopic (exact) mass is 319 g/mol. The predicted molar refractivity (Wildman–Crippen MR) is 82.3 cm³/mol. The lowest BCUT2D eigenvalue weighted by molar-refractivity contribution is -0.153. The molecule has 0 N–H and O–H groups in total. The Bertz CT molecular complexity index is 823. The zero-order valence-electron chi connectivity index (χ0n) is 13.3. The Labute approximate surface area is 132 Å². The molecule has 0 unspecified atom stereocenters. The normalized spacial score (nSPS) is 12.0. The molecule has 7 heteroatoms. The molecular weight excluding hydrogens is 302 g/mol. The van der Waals surface area contributed by atoms with E-state index < -0.39 is 23.5 Å². The molecule has 1 aromatic carbocycles. The molecule has 0 saturated carbocycles. The van der Waals surface area contributed by atoms with Gasteiger partial charge in [-0.3, -0.25) is 4.79 Å². The molecule has 0 saturated heterocycles. The Balaban J connectivity index is 2.95. The van der Waals surface area contributed by atoms with Crippen LogP contribution in [0.15, 0.2) is 29.1 Å². The van der Waals surface area contributed by atoms with E-state index in [4.69, 9.17) is 14.2 Å². The van der Waals surface area contributed by atoms with E-state index in [1.165, 1.54) is 21.3 Å². The van der Waals surface area contributed by atoms with Gasteiger partial charge in [-0.1, -0.05) is 12.1 Å². The van der Waals surface area contributed by atoms with Gasteiger partial charge in [0.15, 0.2) is 6.10 Å². The highest BCUT2D eigenvalue weighted by Gasteiger charge is 2.32. The van der Waals surface area contributed by atoms with Gasteiger partial charge in [-0.05, 0) is 12.1 Å². The van der Waals surface area contributed by atoms with E-state index >= 15 is 0 Å². The SMILES string of the molecule is COC(=O)c1c([C@@H](OC)C(=O)OC)n(C)c2ccccc2c1=O. The second-order valence-corrected chi connectivity index (χ2v) is 4.80. The summed E-state index contributed by atoms with van der Waals surface area (Å²) in [4.78, 5) is 36.8. The zero-order chi connectivity index (χ0) is 17.1. The van der Waals surface area contributed by atoms with Crippen molar-refractivity contribution in [1.82, 2.24) is 4.57 Å². The molecular formula is C16H17NO6. The van der Waals surface area contributed by atoms with Crippen molar-refractivity contribution in [2.24, 2.45) is 7.05 Å². The second-order valence-electron chi connectivity index (χ2n) is 4.80. The number of hydrogen-bond donors (Lipinski definition) is 0. The Morgan fingerprint density at radius 1 is 1.09 bits per heavy atom. The lowest BCUT2D eigenvalue weighted by Crippen LogP contribution is -2.30. The first-order chi connectivity index (χ1) is 11.0. The van der Waals surface area contributed by atoms with E-state index in [9.17, 15) is 14.4 Å². The van der Waals surface area contributed by atoms with Gasteiger partial charge in [0.1, 0.15) is 5.56 Å². The third kappa shape index (κ3) is 2.70. The molecule has 0 aliphatic rings. The molecule has 0 aliphatic heterocycles. The lowest BCUT2D eigenvalue weighted by Gasteiger charge is -2.21. The quantitative estimate of drug-likeness (QED) is 0.787. The van der Waals surface area contributed by atoms with Crippen molar-refractivity contribution in [3.05, 3.63) is 45.7 Å². The minimum absolute atomic E-state index is 0.0925. The van der Waals surface area contributed by atoms with Crippen LogP contribution in [0.4, 0.5) is 0 Å². The molecule has 122 valence electrons. The average molecular weight is 319 g/mol. The summed E-state index contributed by atoms with van der Waals surface area (Å²) in [6.45, 7) is 0. The molecule has 7 nitrogen and oxygen atoms in total. The Morgan fingerprint density at radius 3 is 2.30 bits per heavy atom. The van der Waals surface area contributed by atoms with Crippen LogP contribution in [0.1, 0.15) is 22.2 Å². The fourth-order valence-corrected chi connectivity index (χ4v) is 2.54. The van der Waals surface area contributed by atoms with Crippen molar-refractivity contribution in [2.45, 2.75) is 6.10 Å². The summed E-state index contributed by atoms with van der Waals surface area (Å²) in [6, 6.07) is 6.76. The van der Waals surface area contributed by atoms with E-state index in [2.05, 4.69) is 0 Å². The van der Waals surface area contributed by atoms with Crippen LogP contribution < -0.4 is 5.43 Å². The number of hydrogen-bond acceptors (Lipinski definition) is 6. The number of ether oxygens (including phenoxy) is 3. The van der Waals surface area contributed by atoms with E-state index in [-0.39, 0.29) is 11.3 Å². The highest BCUT2D eigenvalue weighted by molar-refractivity contribution is 5.97. The minimum atomic E-state index is -1.23. The summed E-state index contributed by atoms with van der Waals surface area (Å²) in [5.74, 6) is -1.56. The number of carbonyl (C=O) groups excluding carboxylic acids is 2. The number of aromatic nitrogens is 1. The summed E-state index contributed by atoms with van der Waals surface area (Å²) < 4.78 is 16.1. The van der Waals surface area contributed by atoms with Crippen LogP contribution in [0.3, 0.4) is 0 Å². The standard InChI is InChI=1S/C16H17NO6/c1-17-10-8-6-5-7-9(10)13(18)11(15(19)22-3)12(17)14(21-2)16(20)23-4/h5-8,14H,1-4H3/t14-/m1/s1. The third-order valence-corrected chi connectivity index (χ3v) is 3.64. The van der Waals surface area contributed by atoms with Crippen molar-refractivity contribution >= 4 is 22.8 Å². The minimum Gasteiger partial charge on any atom is -0.467 e. The van der Waals surface area contributed by atoms with Crippen LogP contribution in [0, 0.1) is 0 Å². The van der Waals surface area contributed by atoms with Crippen LogP contribution in [-0.2, 0) is 26.1 Å². The Kier molecular flexibility index (Phi) is 4.80.